The summed E-state index contributed by atoms with van der Waals surface area (Å²) >= 11 is 0. The second-order valence-corrected chi connectivity index (χ2v) is 3.89. The molecule has 0 bridgehead atoms. The van der Waals surface area contributed by atoms with Gasteiger partial charge in [-0.3, -0.25) is 4.79 Å². The topological polar surface area (TPSA) is 38.3 Å². The average molecular weight is 195 g/mol. The van der Waals surface area contributed by atoms with Gasteiger partial charge in [0.25, 0.3) is 0 Å². The van der Waals surface area contributed by atoms with Crippen LogP contribution in [0.3, 0.4) is 0 Å². The van der Waals surface area contributed by atoms with E-state index in [0.717, 1.165) is 6.42 Å². The molecule has 1 saturated heterocycles. The van der Waals surface area contributed by atoms with E-state index < -0.39 is 0 Å². The van der Waals surface area contributed by atoms with Crippen molar-refractivity contribution >= 4 is 5.91 Å². The van der Waals surface area contributed by atoms with Gasteiger partial charge >= 0.3 is 0 Å². The van der Waals surface area contributed by atoms with Gasteiger partial charge in [-0.05, 0) is 20.3 Å². The Morgan fingerprint density at radius 3 is 3.00 bits per heavy atom. The van der Waals surface area contributed by atoms with Gasteiger partial charge in [0.2, 0.25) is 5.91 Å². The minimum Gasteiger partial charge on any atom is -0.378 e. The van der Waals surface area contributed by atoms with Gasteiger partial charge in [-0.2, -0.15) is 0 Å². The normalized spacial score (nSPS) is 28.1. The van der Waals surface area contributed by atoms with Crippen LogP contribution in [-0.2, 0) is 9.53 Å². The molecule has 0 radical (unpaired) electrons. The van der Waals surface area contributed by atoms with Gasteiger partial charge in [0.1, 0.15) is 0 Å². The molecule has 1 heterocycles. The Morgan fingerprint density at radius 2 is 2.50 bits per heavy atom. The number of hydrogen-bond acceptors (Lipinski definition) is 2. The van der Waals surface area contributed by atoms with E-state index in [1.807, 2.05) is 13.8 Å². The molecule has 3 atom stereocenters. The molecule has 78 valence electrons. The standard InChI is InChI=1S/C11H17NO2/c1-4-5-8(2)12-11(13)10-6-9(3)14-7-10/h1,8-10H,5-7H2,2-3H3,(H,12,13). The van der Waals surface area contributed by atoms with Crippen molar-refractivity contribution in [1.29, 1.82) is 0 Å². The monoisotopic (exact) mass is 195 g/mol. The molecule has 0 aliphatic carbocycles. The molecule has 1 fully saturated rings. The Balaban J connectivity index is 2.32. The van der Waals surface area contributed by atoms with Crippen LogP contribution in [-0.4, -0.2) is 24.7 Å². The largest absolute Gasteiger partial charge is 0.378 e. The van der Waals surface area contributed by atoms with E-state index in [4.69, 9.17) is 11.2 Å². The van der Waals surface area contributed by atoms with E-state index in [1.54, 1.807) is 0 Å². The molecule has 0 aromatic carbocycles. The van der Waals surface area contributed by atoms with Crippen LogP contribution < -0.4 is 5.32 Å². The third-order valence-electron chi connectivity index (χ3n) is 2.38. The molecule has 3 unspecified atom stereocenters. The molecular weight excluding hydrogens is 178 g/mol. The van der Waals surface area contributed by atoms with Gasteiger partial charge in [0, 0.05) is 12.5 Å². The van der Waals surface area contributed by atoms with E-state index in [1.165, 1.54) is 0 Å². The van der Waals surface area contributed by atoms with E-state index in [2.05, 4.69) is 11.2 Å². The van der Waals surface area contributed by atoms with Crippen molar-refractivity contribution < 1.29 is 9.53 Å². The summed E-state index contributed by atoms with van der Waals surface area (Å²) in [6, 6.07) is 0.0587. The maximum atomic E-state index is 11.6. The van der Waals surface area contributed by atoms with E-state index in [0.29, 0.717) is 13.0 Å². The molecule has 0 aromatic rings. The molecule has 3 heteroatoms. The molecule has 1 aliphatic heterocycles. The Hall–Kier alpha value is -1.01. The van der Waals surface area contributed by atoms with Crippen molar-refractivity contribution in [1.82, 2.24) is 5.32 Å². The van der Waals surface area contributed by atoms with Crippen molar-refractivity contribution in [2.75, 3.05) is 6.61 Å². The van der Waals surface area contributed by atoms with Gasteiger partial charge in [0.05, 0.1) is 18.6 Å². The van der Waals surface area contributed by atoms with Crippen LogP contribution in [0.5, 0.6) is 0 Å². The summed E-state index contributed by atoms with van der Waals surface area (Å²) in [7, 11) is 0. The molecule has 1 aliphatic rings. The SMILES string of the molecule is C#CCC(C)NC(=O)C1COC(C)C1. The van der Waals surface area contributed by atoms with E-state index in [9.17, 15) is 4.79 Å². The van der Waals surface area contributed by atoms with Crippen molar-refractivity contribution in [3.8, 4) is 12.3 Å². The van der Waals surface area contributed by atoms with Crippen LogP contribution in [0.15, 0.2) is 0 Å². The Bertz CT molecular complexity index is 244. The summed E-state index contributed by atoms with van der Waals surface area (Å²) in [6.07, 6.45) is 6.75. The van der Waals surface area contributed by atoms with Crippen molar-refractivity contribution in [2.24, 2.45) is 5.92 Å². The van der Waals surface area contributed by atoms with Crippen molar-refractivity contribution in [3.05, 3.63) is 0 Å². The average Bonchev–Trinajstić information content (AvgIpc) is 2.52. The number of nitrogens with one attached hydrogen (secondary N) is 1. The highest BCUT2D eigenvalue weighted by molar-refractivity contribution is 5.79. The van der Waals surface area contributed by atoms with Gasteiger partial charge in [0.15, 0.2) is 0 Å². The lowest BCUT2D eigenvalue weighted by Gasteiger charge is -2.13. The summed E-state index contributed by atoms with van der Waals surface area (Å²) < 4.78 is 5.33. The maximum Gasteiger partial charge on any atom is 0.225 e. The maximum absolute atomic E-state index is 11.6. The van der Waals surface area contributed by atoms with Crippen LogP contribution in [0.25, 0.3) is 0 Å². The number of ether oxygens (including phenoxy) is 1. The third-order valence-corrected chi connectivity index (χ3v) is 2.38. The first kappa shape index (κ1) is 11.1. The summed E-state index contributed by atoms with van der Waals surface area (Å²) in [5, 5.41) is 2.88. The van der Waals surface area contributed by atoms with Crippen LogP contribution in [0.4, 0.5) is 0 Å². The minimum absolute atomic E-state index is 0.00484. The number of rotatable bonds is 3. The highest BCUT2D eigenvalue weighted by Crippen LogP contribution is 2.19. The fourth-order valence-corrected chi connectivity index (χ4v) is 1.59. The lowest BCUT2D eigenvalue weighted by atomic mass is 10.0. The molecule has 0 spiro atoms. The fraction of sp³-hybridized carbons (Fsp3) is 0.727. The number of terminal acetylenes is 1. The second-order valence-electron chi connectivity index (χ2n) is 3.89. The van der Waals surface area contributed by atoms with Crippen LogP contribution >= 0.6 is 0 Å². The number of carbonyl (C=O) groups excluding carboxylic acids is 1. The molecular formula is C11H17NO2. The lowest BCUT2D eigenvalue weighted by molar-refractivity contribution is -0.125. The summed E-state index contributed by atoms with van der Waals surface area (Å²) in [5.41, 5.74) is 0. The van der Waals surface area contributed by atoms with Crippen LogP contribution in [0.1, 0.15) is 26.7 Å². The molecule has 1 rings (SSSR count). The first-order valence-electron chi connectivity index (χ1n) is 4.99. The van der Waals surface area contributed by atoms with Crippen LogP contribution in [0, 0.1) is 18.3 Å². The Morgan fingerprint density at radius 1 is 1.79 bits per heavy atom. The smallest absolute Gasteiger partial charge is 0.225 e. The first-order chi connectivity index (χ1) is 6.63. The van der Waals surface area contributed by atoms with Crippen LogP contribution in [0.2, 0.25) is 0 Å². The minimum atomic E-state index is 0.00484. The molecule has 3 nitrogen and oxygen atoms in total. The Kier molecular flexibility index (Phi) is 3.97. The quantitative estimate of drug-likeness (QED) is 0.681. The zero-order valence-corrected chi connectivity index (χ0v) is 8.75. The van der Waals surface area contributed by atoms with Gasteiger partial charge in [-0.15, -0.1) is 12.3 Å². The highest BCUT2D eigenvalue weighted by Gasteiger charge is 2.28. The van der Waals surface area contributed by atoms with Gasteiger partial charge < -0.3 is 10.1 Å². The fourth-order valence-electron chi connectivity index (χ4n) is 1.59. The van der Waals surface area contributed by atoms with Crippen molar-refractivity contribution in [2.45, 2.75) is 38.8 Å². The highest BCUT2D eigenvalue weighted by atomic mass is 16.5. The zero-order chi connectivity index (χ0) is 10.6. The van der Waals surface area contributed by atoms with Gasteiger partial charge in [-0.25, -0.2) is 0 Å². The first-order valence-corrected chi connectivity index (χ1v) is 4.99. The number of hydrogen-bond donors (Lipinski definition) is 1. The van der Waals surface area contributed by atoms with E-state index >= 15 is 0 Å². The number of carbonyl (C=O) groups is 1. The lowest BCUT2D eigenvalue weighted by Crippen LogP contribution is -2.37. The molecule has 14 heavy (non-hydrogen) atoms. The predicted molar refractivity (Wildman–Crippen MR) is 54.6 cm³/mol. The molecule has 0 aromatic heterocycles. The Labute approximate surface area is 85.2 Å². The molecule has 1 N–H and O–H groups in total. The predicted octanol–water partition coefficient (Wildman–Crippen LogP) is 0.939. The third kappa shape index (κ3) is 3.04. The summed E-state index contributed by atoms with van der Waals surface area (Å²) in [4.78, 5) is 11.6. The summed E-state index contributed by atoms with van der Waals surface area (Å²) in [5.74, 6) is 2.60. The number of amides is 1. The molecule has 1 amide bonds. The van der Waals surface area contributed by atoms with Crippen molar-refractivity contribution in [3.63, 3.8) is 0 Å². The van der Waals surface area contributed by atoms with Gasteiger partial charge in [-0.1, -0.05) is 0 Å². The second kappa shape index (κ2) is 5.02. The summed E-state index contributed by atoms with van der Waals surface area (Å²) in [6.45, 7) is 4.44. The zero-order valence-electron chi connectivity index (χ0n) is 8.75. The molecule has 0 saturated carbocycles. The van der Waals surface area contributed by atoms with E-state index in [-0.39, 0.29) is 24.0 Å².